The van der Waals surface area contributed by atoms with Crippen molar-refractivity contribution >= 4 is 39.1 Å². The molecule has 0 aromatic heterocycles. The largest absolute Gasteiger partial charge is 0.487 e. The summed E-state index contributed by atoms with van der Waals surface area (Å²) in [5.41, 5.74) is 1.89. The Labute approximate surface area is 147 Å². The zero-order valence-electron chi connectivity index (χ0n) is 13.7. The summed E-state index contributed by atoms with van der Waals surface area (Å²) in [6, 6.07) is 3.46. The maximum atomic E-state index is 11.8. The molecule has 1 heterocycles. The van der Waals surface area contributed by atoms with Crippen molar-refractivity contribution in [2.24, 2.45) is 0 Å². The number of fused-ring (bicyclic) bond motifs is 1. The number of nitrogens with zero attached hydrogens (tertiary/aromatic N) is 1. The van der Waals surface area contributed by atoms with Gasteiger partial charge >= 0.3 is 0 Å². The molecule has 0 amide bonds. The summed E-state index contributed by atoms with van der Waals surface area (Å²) in [6.07, 6.45) is 3.27. The smallest absolute Gasteiger partial charge is 0.153 e. The molecule has 1 aromatic carbocycles. The quantitative estimate of drug-likeness (QED) is 0.787. The first kappa shape index (κ1) is 18.6. The van der Waals surface area contributed by atoms with Crippen LogP contribution >= 0.6 is 23.2 Å². The molecule has 1 aromatic rings. The van der Waals surface area contributed by atoms with Gasteiger partial charge in [0, 0.05) is 29.9 Å². The molecular formula is C16H21Cl2NO3S. The number of likely N-dealkylation sites (N-methyl/N-ethyl adjacent to an activating group) is 1. The third kappa shape index (κ3) is 4.41. The molecule has 0 atom stereocenters. The van der Waals surface area contributed by atoms with Crippen LogP contribution in [0.15, 0.2) is 17.7 Å². The lowest BCUT2D eigenvalue weighted by atomic mass is 10.1. The van der Waals surface area contributed by atoms with E-state index >= 15 is 0 Å². The van der Waals surface area contributed by atoms with Crippen LogP contribution in [0.4, 0.5) is 0 Å². The molecule has 0 saturated heterocycles. The van der Waals surface area contributed by atoms with Crippen molar-refractivity contribution in [3.05, 3.63) is 33.3 Å². The van der Waals surface area contributed by atoms with Crippen LogP contribution in [0.2, 0.25) is 10.0 Å². The Bertz CT molecular complexity index is 742. The lowest BCUT2D eigenvalue weighted by Crippen LogP contribution is -2.43. The van der Waals surface area contributed by atoms with Crippen molar-refractivity contribution in [3.63, 3.8) is 0 Å². The summed E-state index contributed by atoms with van der Waals surface area (Å²) in [5, 5.41) is 1.05. The number of rotatable bonds is 5. The van der Waals surface area contributed by atoms with Crippen LogP contribution < -0.4 is 4.74 Å². The molecule has 0 saturated carbocycles. The van der Waals surface area contributed by atoms with Crippen molar-refractivity contribution in [2.75, 3.05) is 33.0 Å². The maximum absolute atomic E-state index is 11.8. The maximum Gasteiger partial charge on any atom is 0.153 e. The van der Waals surface area contributed by atoms with Gasteiger partial charge in [0.1, 0.15) is 12.4 Å². The van der Waals surface area contributed by atoms with Gasteiger partial charge in [0.25, 0.3) is 0 Å². The lowest BCUT2D eigenvalue weighted by molar-refractivity contribution is 0.294. The molecule has 128 valence electrons. The SMILES string of the molecule is CN(CC1=Cc2cc(Cl)cc(Cl)c2OC1)CC(C)(C)S(C)(=O)=O. The molecule has 1 aliphatic rings. The molecule has 0 N–H and O–H groups in total. The molecule has 0 unspecified atom stereocenters. The Kier molecular flexibility index (Phi) is 5.36. The van der Waals surface area contributed by atoms with E-state index in [9.17, 15) is 8.42 Å². The van der Waals surface area contributed by atoms with E-state index in [2.05, 4.69) is 0 Å². The predicted octanol–water partition coefficient (Wildman–Crippen LogP) is 3.52. The number of benzene rings is 1. The van der Waals surface area contributed by atoms with Gasteiger partial charge in [0.15, 0.2) is 9.84 Å². The van der Waals surface area contributed by atoms with Crippen LogP contribution in [-0.4, -0.2) is 51.1 Å². The Morgan fingerprint density at radius 2 is 1.96 bits per heavy atom. The third-order valence-electron chi connectivity index (χ3n) is 3.93. The van der Waals surface area contributed by atoms with Gasteiger partial charge in [-0.15, -0.1) is 0 Å². The van der Waals surface area contributed by atoms with Crippen molar-refractivity contribution in [3.8, 4) is 5.75 Å². The first-order chi connectivity index (χ1) is 10.5. The molecule has 0 radical (unpaired) electrons. The molecule has 1 aliphatic heterocycles. The van der Waals surface area contributed by atoms with Crippen molar-refractivity contribution in [2.45, 2.75) is 18.6 Å². The van der Waals surface area contributed by atoms with Crippen LogP contribution in [0.25, 0.3) is 6.08 Å². The molecule has 4 nitrogen and oxygen atoms in total. The van der Waals surface area contributed by atoms with Gasteiger partial charge in [0.2, 0.25) is 0 Å². The highest BCUT2D eigenvalue weighted by Gasteiger charge is 2.31. The van der Waals surface area contributed by atoms with E-state index < -0.39 is 14.6 Å². The van der Waals surface area contributed by atoms with E-state index in [-0.39, 0.29) is 0 Å². The summed E-state index contributed by atoms with van der Waals surface area (Å²) in [7, 11) is -1.23. The predicted molar refractivity (Wildman–Crippen MR) is 96.4 cm³/mol. The van der Waals surface area contributed by atoms with Gasteiger partial charge in [-0.1, -0.05) is 23.2 Å². The van der Waals surface area contributed by atoms with Crippen LogP contribution in [-0.2, 0) is 9.84 Å². The van der Waals surface area contributed by atoms with Gasteiger partial charge in [-0.3, -0.25) is 0 Å². The highest BCUT2D eigenvalue weighted by Crippen LogP contribution is 2.36. The van der Waals surface area contributed by atoms with Crippen LogP contribution in [0.5, 0.6) is 5.75 Å². The minimum absolute atomic E-state index is 0.429. The van der Waals surface area contributed by atoms with Crippen molar-refractivity contribution in [1.29, 1.82) is 0 Å². The fraction of sp³-hybridized carbons (Fsp3) is 0.500. The normalized spacial score (nSPS) is 15.2. The second-order valence-electron chi connectivity index (χ2n) is 6.60. The molecule has 23 heavy (non-hydrogen) atoms. The van der Waals surface area contributed by atoms with E-state index in [0.29, 0.717) is 35.5 Å². The Morgan fingerprint density at radius 1 is 1.30 bits per heavy atom. The van der Waals surface area contributed by atoms with E-state index in [1.165, 1.54) is 6.26 Å². The van der Waals surface area contributed by atoms with E-state index in [4.69, 9.17) is 27.9 Å². The van der Waals surface area contributed by atoms with Gasteiger partial charge in [-0.2, -0.15) is 0 Å². The first-order valence-electron chi connectivity index (χ1n) is 7.19. The molecular weight excluding hydrogens is 357 g/mol. The fourth-order valence-corrected chi connectivity index (χ4v) is 3.55. The van der Waals surface area contributed by atoms with Crippen molar-refractivity contribution < 1.29 is 13.2 Å². The summed E-state index contributed by atoms with van der Waals surface area (Å²) < 4.78 is 28.6. The minimum atomic E-state index is -3.13. The topological polar surface area (TPSA) is 46.6 Å². The zero-order valence-corrected chi connectivity index (χ0v) is 16.0. The summed E-state index contributed by atoms with van der Waals surface area (Å²) in [5.74, 6) is 0.638. The Morgan fingerprint density at radius 3 is 2.57 bits per heavy atom. The number of hydrogen-bond acceptors (Lipinski definition) is 4. The third-order valence-corrected chi connectivity index (χ3v) is 6.56. The minimum Gasteiger partial charge on any atom is -0.487 e. The number of hydrogen-bond donors (Lipinski definition) is 0. The number of ether oxygens (including phenoxy) is 1. The van der Waals surface area contributed by atoms with Gasteiger partial charge in [-0.05, 0) is 44.7 Å². The second-order valence-corrected chi connectivity index (χ2v) is 10.1. The average Bonchev–Trinajstić information content (AvgIpc) is 2.35. The van der Waals surface area contributed by atoms with E-state index in [1.54, 1.807) is 19.9 Å². The van der Waals surface area contributed by atoms with E-state index in [0.717, 1.165) is 11.1 Å². The van der Waals surface area contributed by atoms with Crippen LogP contribution in [0.3, 0.4) is 0 Å². The van der Waals surface area contributed by atoms with Gasteiger partial charge in [0.05, 0.1) is 9.77 Å². The summed E-state index contributed by atoms with van der Waals surface area (Å²) in [4.78, 5) is 1.98. The Balaban J connectivity index is 2.14. The number of halogens is 2. The molecule has 0 spiro atoms. The molecule has 0 fully saturated rings. The second kappa shape index (κ2) is 6.63. The van der Waals surface area contributed by atoms with E-state index in [1.807, 2.05) is 24.1 Å². The highest BCUT2D eigenvalue weighted by molar-refractivity contribution is 7.92. The fourth-order valence-electron chi connectivity index (χ4n) is 2.53. The van der Waals surface area contributed by atoms with Gasteiger partial charge in [-0.25, -0.2) is 8.42 Å². The molecule has 0 bridgehead atoms. The van der Waals surface area contributed by atoms with Crippen LogP contribution in [0, 0.1) is 0 Å². The molecule has 2 rings (SSSR count). The highest BCUT2D eigenvalue weighted by atomic mass is 35.5. The van der Waals surface area contributed by atoms with Crippen molar-refractivity contribution in [1.82, 2.24) is 4.90 Å². The monoisotopic (exact) mass is 377 g/mol. The lowest BCUT2D eigenvalue weighted by Gasteiger charge is -2.30. The molecule has 7 heteroatoms. The standard InChI is InChI=1S/C16H21Cl2NO3S/c1-16(2,23(4,20)21)10-19(3)8-11-5-12-6-13(17)7-14(18)15(12)22-9-11/h5-7H,8-10H2,1-4H3. The first-order valence-corrected chi connectivity index (χ1v) is 9.84. The summed E-state index contributed by atoms with van der Waals surface area (Å²) >= 11 is 12.1. The summed E-state index contributed by atoms with van der Waals surface area (Å²) in [6.45, 7) is 4.95. The molecule has 0 aliphatic carbocycles. The van der Waals surface area contributed by atoms with Gasteiger partial charge < -0.3 is 9.64 Å². The zero-order chi connectivity index (χ0) is 17.4. The number of sulfone groups is 1. The average molecular weight is 378 g/mol. The van der Waals surface area contributed by atoms with Crippen LogP contribution in [0.1, 0.15) is 19.4 Å². The Hall–Kier alpha value is -0.750.